The van der Waals surface area contributed by atoms with Crippen LogP contribution in [-0.2, 0) is 19.3 Å². The van der Waals surface area contributed by atoms with Gasteiger partial charge in [0, 0.05) is 29.7 Å². The summed E-state index contributed by atoms with van der Waals surface area (Å²) in [4.78, 5) is 0. The summed E-state index contributed by atoms with van der Waals surface area (Å²) >= 11 is 0. The van der Waals surface area contributed by atoms with Crippen molar-refractivity contribution in [3.63, 3.8) is 0 Å². The first-order valence-corrected chi connectivity index (χ1v) is 5.81. The molecule has 1 heterocycles. The lowest BCUT2D eigenvalue weighted by atomic mass is 10.1. The molecule has 0 fully saturated rings. The third kappa shape index (κ3) is 2.22. The summed E-state index contributed by atoms with van der Waals surface area (Å²) in [6, 6.07) is 5.70. The number of aromatic nitrogens is 1. The van der Waals surface area contributed by atoms with Crippen molar-refractivity contribution in [3.05, 3.63) is 35.5 Å². The average molecular weight is 256 g/mol. The number of fused-ring (bicyclic) bond motifs is 1. The molecule has 0 atom stereocenters. The van der Waals surface area contributed by atoms with Crippen LogP contribution in [0.25, 0.3) is 10.9 Å². The zero-order valence-corrected chi connectivity index (χ0v) is 10.3. The number of rotatable bonds is 3. The molecule has 0 amide bonds. The smallest absolute Gasteiger partial charge is 0.344 e. The molecular formula is C13H15F3N2. The monoisotopic (exact) mass is 256 g/mol. The van der Waals surface area contributed by atoms with E-state index in [0.29, 0.717) is 11.9 Å². The van der Waals surface area contributed by atoms with Crippen molar-refractivity contribution in [2.75, 3.05) is 7.05 Å². The molecule has 0 aliphatic heterocycles. The van der Waals surface area contributed by atoms with Gasteiger partial charge in [-0.25, -0.2) is 0 Å². The van der Waals surface area contributed by atoms with Gasteiger partial charge in [-0.15, -0.1) is 0 Å². The molecule has 98 valence electrons. The highest BCUT2D eigenvalue weighted by Crippen LogP contribution is 2.32. The van der Waals surface area contributed by atoms with Crippen LogP contribution < -0.4 is 5.32 Å². The molecule has 2 rings (SSSR count). The summed E-state index contributed by atoms with van der Waals surface area (Å²) in [5, 5.41) is 3.66. The van der Waals surface area contributed by atoms with Crippen molar-refractivity contribution in [3.8, 4) is 0 Å². The minimum absolute atomic E-state index is 0.598. The lowest BCUT2D eigenvalue weighted by Gasteiger charge is -2.08. The summed E-state index contributed by atoms with van der Waals surface area (Å²) in [6.07, 6.45) is -4.29. The van der Waals surface area contributed by atoms with Crippen molar-refractivity contribution in [1.29, 1.82) is 0 Å². The number of aryl methyl sites for hydroxylation is 1. The van der Waals surface area contributed by atoms with Gasteiger partial charge in [0.05, 0.1) is 5.56 Å². The van der Waals surface area contributed by atoms with Crippen molar-refractivity contribution >= 4 is 10.9 Å². The van der Waals surface area contributed by atoms with Crippen LogP contribution in [0.5, 0.6) is 0 Å². The van der Waals surface area contributed by atoms with Crippen LogP contribution in [0.15, 0.2) is 24.3 Å². The number of alkyl halides is 3. The van der Waals surface area contributed by atoms with Gasteiger partial charge in [0.25, 0.3) is 0 Å². The molecule has 0 saturated carbocycles. The molecule has 0 aliphatic rings. The Hall–Kier alpha value is -1.49. The Morgan fingerprint density at radius 2 is 1.94 bits per heavy atom. The normalized spacial score (nSPS) is 12.3. The molecule has 0 unspecified atom stereocenters. The van der Waals surface area contributed by atoms with Crippen LogP contribution in [0.3, 0.4) is 0 Å². The molecular weight excluding hydrogens is 241 g/mol. The maximum Gasteiger partial charge on any atom is 0.416 e. The maximum absolute atomic E-state index is 12.6. The van der Waals surface area contributed by atoms with Crippen molar-refractivity contribution in [2.45, 2.75) is 26.2 Å². The topological polar surface area (TPSA) is 17.0 Å². The summed E-state index contributed by atoms with van der Waals surface area (Å²) in [7, 11) is 1.82. The van der Waals surface area contributed by atoms with Crippen LogP contribution >= 0.6 is 0 Å². The minimum atomic E-state index is -4.29. The van der Waals surface area contributed by atoms with E-state index in [1.807, 2.05) is 24.6 Å². The quantitative estimate of drug-likeness (QED) is 0.890. The third-order valence-electron chi connectivity index (χ3n) is 2.99. The van der Waals surface area contributed by atoms with E-state index in [1.165, 1.54) is 6.07 Å². The second kappa shape index (κ2) is 4.65. The summed E-state index contributed by atoms with van der Waals surface area (Å²) in [5.74, 6) is 0. The fourth-order valence-electron chi connectivity index (χ4n) is 2.21. The van der Waals surface area contributed by atoms with Gasteiger partial charge in [-0.2, -0.15) is 13.2 Å². The van der Waals surface area contributed by atoms with Crippen molar-refractivity contribution in [1.82, 2.24) is 9.88 Å². The fourth-order valence-corrected chi connectivity index (χ4v) is 2.21. The second-order valence-corrected chi connectivity index (χ2v) is 4.18. The Balaban J connectivity index is 2.58. The second-order valence-electron chi connectivity index (χ2n) is 4.18. The number of nitrogens with zero attached hydrogens (tertiary/aromatic N) is 1. The van der Waals surface area contributed by atoms with Gasteiger partial charge in [-0.05, 0) is 38.2 Å². The van der Waals surface area contributed by atoms with E-state index in [2.05, 4.69) is 5.32 Å². The molecule has 1 N–H and O–H groups in total. The van der Waals surface area contributed by atoms with E-state index in [4.69, 9.17) is 0 Å². The SMILES string of the molecule is CCn1c(CNC)cc2cc(C(F)(F)F)ccc21. The van der Waals surface area contributed by atoms with Crippen LogP contribution in [0.1, 0.15) is 18.2 Å². The molecule has 1 aromatic heterocycles. The zero-order valence-electron chi connectivity index (χ0n) is 10.3. The van der Waals surface area contributed by atoms with Crippen LogP contribution in [-0.4, -0.2) is 11.6 Å². The standard InChI is InChI=1S/C13H15F3N2/c1-3-18-11(8-17-2)7-9-6-10(13(14,15)16)4-5-12(9)18/h4-7,17H,3,8H2,1-2H3. The minimum Gasteiger partial charge on any atom is -0.344 e. The van der Waals surface area contributed by atoms with Gasteiger partial charge >= 0.3 is 6.18 Å². The third-order valence-corrected chi connectivity index (χ3v) is 2.99. The Kier molecular flexibility index (Phi) is 3.34. The highest BCUT2D eigenvalue weighted by molar-refractivity contribution is 5.82. The van der Waals surface area contributed by atoms with E-state index in [1.54, 1.807) is 6.07 Å². The van der Waals surface area contributed by atoms with Gasteiger partial charge in [0.2, 0.25) is 0 Å². The van der Waals surface area contributed by atoms with Gasteiger partial charge in [-0.3, -0.25) is 0 Å². The van der Waals surface area contributed by atoms with E-state index in [0.717, 1.165) is 23.8 Å². The summed E-state index contributed by atoms with van der Waals surface area (Å²) < 4.78 is 39.9. The highest BCUT2D eigenvalue weighted by Gasteiger charge is 2.30. The van der Waals surface area contributed by atoms with E-state index >= 15 is 0 Å². The predicted octanol–water partition coefficient (Wildman–Crippen LogP) is 3.40. The molecule has 18 heavy (non-hydrogen) atoms. The maximum atomic E-state index is 12.6. The lowest BCUT2D eigenvalue weighted by molar-refractivity contribution is -0.137. The van der Waals surface area contributed by atoms with E-state index < -0.39 is 11.7 Å². The molecule has 0 bridgehead atoms. The first-order chi connectivity index (χ1) is 8.47. The number of hydrogen-bond donors (Lipinski definition) is 1. The first-order valence-electron chi connectivity index (χ1n) is 5.81. The van der Waals surface area contributed by atoms with Gasteiger partial charge in [0.1, 0.15) is 0 Å². The summed E-state index contributed by atoms with van der Waals surface area (Å²) in [6.45, 7) is 3.37. The van der Waals surface area contributed by atoms with E-state index in [9.17, 15) is 13.2 Å². The molecule has 2 nitrogen and oxygen atoms in total. The molecule has 1 aromatic carbocycles. The molecule has 2 aromatic rings. The molecule has 0 radical (unpaired) electrons. The number of nitrogens with one attached hydrogen (secondary N) is 1. The van der Waals surface area contributed by atoms with Crippen molar-refractivity contribution in [2.24, 2.45) is 0 Å². The van der Waals surface area contributed by atoms with Crippen LogP contribution in [0, 0.1) is 0 Å². The Morgan fingerprint density at radius 1 is 1.22 bits per heavy atom. The van der Waals surface area contributed by atoms with Gasteiger partial charge in [-0.1, -0.05) is 0 Å². The fraction of sp³-hybridized carbons (Fsp3) is 0.385. The number of benzene rings is 1. The summed E-state index contributed by atoms with van der Waals surface area (Å²) in [5.41, 5.74) is 1.24. The predicted molar refractivity (Wildman–Crippen MR) is 65.4 cm³/mol. The Morgan fingerprint density at radius 3 is 2.50 bits per heavy atom. The number of hydrogen-bond acceptors (Lipinski definition) is 1. The molecule has 0 aliphatic carbocycles. The zero-order chi connectivity index (χ0) is 13.3. The molecule has 0 spiro atoms. The Labute approximate surface area is 103 Å². The largest absolute Gasteiger partial charge is 0.416 e. The molecule has 0 saturated heterocycles. The first kappa shape index (κ1) is 13.0. The van der Waals surface area contributed by atoms with Crippen LogP contribution in [0.4, 0.5) is 13.2 Å². The molecule has 5 heteroatoms. The van der Waals surface area contributed by atoms with E-state index in [-0.39, 0.29) is 0 Å². The lowest BCUT2D eigenvalue weighted by Crippen LogP contribution is -2.10. The number of halogens is 3. The van der Waals surface area contributed by atoms with Crippen LogP contribution in [0.2, 0.25) is 0 Å². The van der Waals surface area contributed by atoms with Gasteiger partial charge in [0.15, 0.2) is 0 Å². The van der Waals surface area contributed by atoms with Crippen molar-refractivity contribution < 1.29 is 13.2 Å². The average Bonchev–Trinajstić information content (AvgIpc) is 2.64. The highest BCUT2D eigenvalue weighted by atomic mass is 19.4. The van der Waals surface area contributed by atoms with Gasteiger partial charge < -0.3 is 9.88 Å². The Bertz CT molecular complexity index is 555.